The number of amides is 8. The highest BCUT2D eigenvalue weighted by atomic mass is 16.7. The molecule has 23 nitrogen and oxygen atoms in total. The molecule has 1 saturated heterocycles. The van der Waals surface area contributed by atoms with E-state index in [1.54, 1.807) is 47.4 Å². The summed E-state index contributed by atoms with van der Waals surface area (Å²) in [5, 5.41) is 17.1. The second-order valence-electron chi connectivity index (χ2n) is 19.5. The Morgan fingerprint density at radius 1 is 0.722 bits per heavy atom. The van der Waals surface area contributed by atoms with Crippen LogP contribution in [0.4, 0.5) is 22.7 Å². The van der Waals surface area contributed by atoms with Crippen molar-refractivity contribution in [3.8, 4) is 23.0 Å². The Balaban J connectivity index is 0.886. The van der Waals surface area contributed by atoms with Gasteiger partial charge >= 0.3 is 5.97 Å². The number of imide groups is 1. The molecule has 2 fully saturated rings. The van der Waals surface area contributed by atoms with Gasteiger partial charge in [-0.05, 0) is 104 Å². The predicted molar refractivity (Wildman–Crippen MR) is 287 cm³/mol. The number of benzene rings is 4. The van der Waals surface area contributed by atoms with Crippen LogP contribution in [0.2, 0.25) is 0 Å². The van der Waals surface area contributed by atoms with Crippen LogP contribution in [0, 0.1) is 17.8 Å². The summed E-state index contributed by atoms with van der Waals surface area (Å²) < 4.78 is 24.0. The Morgan fingerprint density at radius 3 is 1.97 bits per heavy atom. The lowest BCUT2D eigenvalue weighted by atomic mass is 9.81. The number of aliphatic imine (C=N–C) groups is 1. The predicted octanol–water partition coefficient (Wildman–Crippen LogP) is 4.63. The van der Waals surface area contributed by atoms with E-state index in [1.807, 2.05) is 38.1 Å². The minimum absolute atomic E-state index is 0.0195. The first-order chi connectivity index (χ1) is 38.0. The van der Waals surface area contributed by atoms with E-state index < -0.39 is 72.9 Å². The van der Waals surface area contributed by atoms with Gasteiger partial charge in [0.05, 0.1) is 62.3 Å². The zero-order valence-corrected chi connectivity index (χ0v) is 44.3. The maximum absolute atomic E-state index is 13.9. The Labute approximate surface area is 455 Å². The Bertz CT molecular complexity index is 3050. The van der Waals surface area contributed by atoms with E-state index in [9.17, 15) is 43.2 Å². The van der Waals surface area contributed by atoms with Crippen molar-refractivity contribution in [3.63, 3.8) is 0 Å². The molecule has 0 aromatic heterocycles. The fourth-order valence-electron chi connectivity index (χ4n) is 9.64. The van der Waals surface area contributed by atoms with Gasteiger partial charge in [-0.25, -0.2) is 4.79 Å². The molecule has 3 heterocycles. The molecule has 79 heavy (non-hydrogen) atoms. The van der Waals surface area contributed by atoms with E-state index in [1.165, 1.54) is 14.2 Å². The minimum atomic E-state index is -0.707. The van der Waals surface area contributed by atoms with E-state index in [-0.39, 0.29) is 85.5 Å². The summed E-state index contributed by atoms with van der Waals surface area (Å²) in [6.45, 7) is 6.76. The van der Waals surface area contributed by atoms with E-state index in [0.29, 0.717) is 70.4 Å². The van der Waals surface area contributed by atoms with E-state index in [0.717, 1.165) is 17.7 Å². The van der Waals surface area contributed by atoms with Gasteiger partial charge in [-0.2, -0.15) is 0 Å². The van der Waals surface area contributed by atoms with Crippen molar-refractivity contribution in [2.75, 3.05) is 55.9 Å². The normalized spacial score (nSPS) is 17.7. The van der Waals surface area contributed by atoms with Crippen molar-refractivity contribution in [3.05, 3.63) is 94.5 Å². The number of methoxy groups -OCH3 is 2. The first-order valence-corrected chi connectivity index (χ1v) is 26.0. The molecule has 8 rings (SSSR count). The van der Waals surface area contributed by atoms with E-state index in [4.69, 9.17) is 23.8 Å². The molecule has 4 aliphatic rings. The molecule has 23 heteroatoms. The smallest absolute Gasteiger partial charge is 0.336 e. The van der Waals surface area contributed by atoms with Gasteiger partial charge < -0.3 is 60.6 Å². The molecule has 8 amide bonds. The van der Waals surface area contributed by atoms with Gasteiger partial charge in [0.25, 0.3) is 23.6 Å². The maximum Gasteiger partial charge on any atom is 0.336 e. The van der Waals surface area contributed by atoms with Crippen molar-refractivity contribution >= 4 is 82.7 Å². The van der Waals surface area contributed by atoms with Crippen LogP contribution in [0.5, 0.6) is 23.0 Å². The van der Waals surface area contributed by atoms with Gasteiger partial charge in [-0.1, -0.05) is 32.0 Å². The molecule has 4 aromatic rings. The summed E-state index contributed by atoms with van der Waals surface area (Å²) >= 11 is 0. The van der Waals surface area contributed by atoms with Crippen molar-refractivity contribution in [2.24, 2.45) is 22.7 Å². The van der Waals surface area contributed by atoms with Crippen LogP contribution in [0.1, 0.15) is 96.2 Å². The average molecular weight is 1090 g/mol. The standard InChI is InChI=1S/C56H63N9O14/c1-6-31(2)52-62-41-25-46(43(75-4)22-38(41)54(72)63-52)78-30-33-19-32(29-77-45-24-40(57-3)39(23-44(45)76-5)55(73)64-18-17-34-9-7-8-10-42(34)64)20-37(21-33)61-49(68)28-59-47(66)26-58-48(67)27-60-53(71)35-11-13-36(14-12-35)56(74)79-65-50(69)15-16-51(65)70/h7-10,19-25,31,35-36,52,62H,3,6,11-18,26-30H2,1-2,4-5H3,(H,58,67)(H,59,66)(H,60,71)(H,61,68)(H,63,72)/t31-,35?,36?,52?/m0/s1. The number of ether oxygens (including phenoxy) is 4. The second-order valence-corrected chi connectivity index (χ2v) is 19.5. The van der Waals surface area contributed by atoms with Crippen LogP contribution < -0.4 is 55.7 Å². The zero-order chi connectivity index (χ0) is 56.3. The number of nitrogens with one attached hydrogen (secondary N) is 6. The number of anilines is 3. The number of carbonyl (C=O) groups excluding carboxylic acids is 9. The molecular weight excluding hydrogens is 1020 g/mol. The van der Waals surface area contributed by atoms with Crippen LogP contribution in [0.15, 0.2) is 71.7 Å². The molecule has 2 atom stereocenters. The quantitative estimate of drug-likeness (QED) is 0.0462. The highest BCUT2D eigenvalue weighted by molar-refractivity contribution is 6.11. The number of carbonyl (C=O) groups is 9. The minimum Gasteiger partial charge on any atom is -0.493 e. The molecule has 4 aromatic carbocycles. The number of rotatable bonds is 22. The van der Waals surface area contributed by atoms with Gasteiger partial charge in [-0.15, -0.1) is 5.06 Å². The van der Waals surface area contributed by atoms with Crippen LogP contribution in [-0.4, -0.2) is 112 Å². The third-order valence-electron chi connectivity index (χ3n) is 14.2. The third kappa shape index (κ3) is 13.6. The molecule has 0 bridgehead atoms. The number of para-hydroxylation sites is 1. The molecule has 3 aliphatic heterocycles. The van der Waals surface area contributed by atoms with Crippen LogP contribution >= 0.6 is 0 Å². The summed E-state index contributed by atoms with van der Waals surface area (Å²) in [6, 6.07) is 19.3. The largest absolute Gasteiger partial charge is 0.493 e. The molecule has 416 valence electrons. The SMILES string of the molecule is C=Nc1cc(OCc2cc(COc3cc4c(cc3OC)C(=O)NC([C@@H](C)CC)N4)cc(NC(=O)CNC(=O)CNC(=O)CNC(=O)C3CCC(C(=O)ON4C(=O)CCC4=O)CC3)c2)c(OC)cc1C(=O)N1CCc2ccccc21. The lowest BCUT2D eigenvalue weighted by molar-refractivity contribution is -0.201. The maximum atomic E-state index is 13.9. The highest BCUT2D eigenvalue weighted by Crippen LogP contribution is 2.40. The van der Waals surface area contributed by atoms with Gasteiger partial charge in [0, 0.05) is 48.8 Å². The van der Waals surface area contributed by atoms with Gasteiger partial charge in [-0.3, -0.25) is 43.3 Å². The molecular formula is C56H63N9O14. The lowest BCUT2D eigenvalue weighted by Gasteiger charge is -2.32. The molecule has 6 N–H and O–H groups in total. The van der Waals surface area contributed by atoms with Gasteiger partial charge in [0.2, 0.25) is 23.6 Å². The monoisotopic (exact) mass is 1090 g/mol. The summed E-state index contributed by atoms with van der Waals surface area (Å²) in [5.41, 5.74) is 4.85. The summed E-state index contributed by atoms with van der Waals surface area (Å²) in [4.78, 5) is 126. The number of hydrogen-bond acceptors (Lipinski definition) is 16. The number of hydroxylamine groups is 2. The van der Waals surface area contributed by atoms with Crippen LogP contribution in [0.3, 0.4) is 0 Å². The summed E-state index contributed by atoms with van der Waals surface area (Å²) in [5.74, 6) is -4.51. The van der Waals surface area contributed by atoms with Crippen LogP contribution in [0.25, 0.3) is 0 Å². The van der Waals surface area contributed by atoms with E-state index >= 15 is 0 Å². The van der Waals surface area contributed by atoms with Crippen molar-refractivity contribution in [1.29, 1.82) is 0 Å². The molecule has 1 unspecified atom stereocenters. The van der Waals surface area contributed by atoms with Gasteiger partial charge in [0.15, 0.2) is 23.0 Å². The second kappa shape index (κ2) is 25.4. The zero-order valence-electron chi connectivity index (χ0n) is 44.3. The number of hydrogen-bond donors (Lipinski definition) is 6. The average Bonchev–Trinajstić information content (AvgIpc) is 4.09. The Morgan fingerprint density at radius 2 is 1.33 bits per heavy atom. The molecule has 1 saturated carbocycles. The fraction of sp³-hybridized carbons (Fsp3) is 0.393. The fourth-order valence-corrected chi connectivity index (χ4v) is 9.64. The van der Waals surface area contributed by atoms with Crippen LogP contribution in [-0.2, 0) is 58.0 Å². The van der Waals surface area contributed by atoms with Gasteiger partial charge in [0.1, 0.15) is 19.4 Å². The van der Waals surface area contributed by atoms with E-state index in [2.05, 4.69) is 43.6 Å². The number of fused-ring (bicyclic) bond motifs is 2. The Kier molecular flexibility index (Phi) is 18.1. The first-order valence-electron chi connectivity index (χ1n) is 26.0. The number of nitrogens with zero attached hydrogens (tertiary/aromatic N) is 3. The molecule has 1 aliphatic carbocycles. The van der Waals surface area contributed by atoms with Crippen molar-refractivity contribution in [1.82, 2.24) is 26.3 Å². The molecule has 0 spiro atoms. The summed E-state index contributed by atoms with van der Waals surface area (Å²) in [6.07, 6.45) is 2.40. The first kappa shape index (κ1) is 56.2. The third-order valence-corrected chi connectivity index (χ3v) is 14.2. The topological polar surface area (TPSA) is 291 Å². The lowest BCUT2D eigenvalue weighted by Crippen LogP contribution is -2.48. The highest BCUT2D eigenvalue weighted by Gasteiger charge is 2.37. The van der Waals surface area contributed by atoms with Crippen molar-refractivity contribution < 1.29 is 66.9 Å². The van der Waals surface area contributed by atoms with Crippen molar-refractivity contribution in [2.45, 2.75) is 84.6 Å². The summed E-state index contributed by atoms with van der Waals surface area (Å²) in [7, 11) is 2.92. The molecule has 0 radical (unpaired) electrons. The Hall–Kier alpha value is -9.02.